The zero-order valence-corrected chi connectivity index (χ0v) is 7.82. The standard InChI is InChI=1S/C13H15/c1-2-4-6-8-10-12-13-11-9-7-5-3-1/h1-6,11-13H,7-9H2/b2-1+,5-3-,6-4+,12-10?,13-11-. The van der Waals surface area contributed by atoms with Gasteiger partial charge in [-0.15, -0.1) is 0 Å². The summed E-state index contributed by atoms with van der Waals surface area (Å²) in [4.78, 5) is 0. The molecule has 1 aliphatic rings. The fourth-order valence-electron chi connectivity index (χ4n) is 1.01. The lowest BCUT2D eigenvalue weighted by Crippen LogP contribution is -1.63. The molecule has 0 aromatic heterocycles. The second-order valence-corrected chi connectivity index (χ2v) is 2.82. The lowest BCUT2D eigenvalue weighted by Gasteiger charge is -1.83. The van der Waals surface area contributed by atoms with E-state index in [1.807, 2.05) is 18.2 Å². The predicted octanol–water partition coefficient (Wildman–Crippen LogP) is 3.75. The van der Waals surface area contributed by atoms with Crippen molar-refractivity contribution < 1.29 is 0 Å². The van der Waals surface area contributed by atoms with Crippen LogP contribution in [-0.2, 0) is 0 Å². The van der Waals surface area contributed by atoms with Gasteiger partial charge in [0.1, 0.15) is 0 Å². The number of rotatable bonds is 0. The van der Waals surface area contributed by atoms with Crippen LogP contribution in [0.15, 0.2) is 54.7 Å². The zero-order chi connectivity index (χ0) is 9.19. The monoisotopic (exact) mass is 171 g/mol. The van der Waals surface area contributed by atoms with E-state index < -0.39 is 0 Å². The van der Waals surface area contributed by atoms with Crippen molar-refractivity contribution in [3.63, 3.8) is 0 Å². The van der Waals surface area contributed by atoms with Crippen LogP contribution in [0.2, 0.25) is 0 Å². The summed E-state index contributed by atoms with van der Waals surface area (Å²) in [7, 11) is 0. The van der Waals surface area contributed by atoms with E-state index in [-0.39, 0.29) is 0 Å². The summed E-state index contributed by atoms with van der Waals surface area (Å²) in [6.07, 6.45) is 25.0. The molecule has 0 spiro atoms. The summed E-state index contributed by atoms with van der Waals surface area (Å²) in [6, 6.07) is 0. The normalized spacial score (nSPS) is 30.2. The Labute approximate surface area is 80.7 Å². The van der Waals surface area contributed by atoms with Crippen LogP contribution in [0.4, 0.5) is 0 Å². The molecule has 0 fully saturated rings. The Kier molecular flexibility index (Phi) is 5.54. The highest BCUT2D eigenvalue weighted by atomic mass is 13.8. The van der Waals surface area contributed by atoms with E-state index in [2.05, 4.69) is 42.5 Å². The molecule has 1 aliphatic carbocycles. The Morgan fingerprint density at radius 1 is 0.692 bits per heavy atom. The van der Waals surface area contributed by atoms with E-state index in [9.17, 15) is 0 Å². The minimum absolute atomic E-state index is 0.887. The molecular weight excluding hydrogens is 156 g/mol. The fourth-order valence-corrected chi connectivity index (χ4v) is 1.01. The lowest BCUT2D eigenvalue weighted by atomic mass is 10.2. The molecule has 0 atom stereocenters. The summed E-state index contributed by atoms with van der Waals surface area (Å²) in [6.45, 7) is 0. The van der Waals surface area contributed by atoms with Crippen molar-refractivity contribution in [1.29, 1.82) is 0 Å². The van der Waals surface area contributed by atoms with Crippen molar-refractivity contribution in [2.45, 2.75) is 19.3 Å². The maximum atomic E-state index is 3.17. The molecule has 0 heteroatoms. The first-order valence-electron chi connectivity index (χ1n) is 4.70. The molecule has 0 unspecified atom stereocenters. The van der Waals surface area contributed by atoms with E-state index in [1.165, 1.54) is 0 Å². The molecule has 67 valence electrons. The van der Waals surface area contributed by atoms with Gasteiger partial charge in [-0.2, -0.15) is 0 Å². The third kappa shape index (κ3) is 5.92. The summed E-state index contributed by atoms with van der Waals surface area (Å²) in [5, 5.41) is 0. The van der Waals surface area contributed by atoms with Gasteiger partial charge in [0.15, 0.2) is 0 Å². The van der Waals surface area contributed by atoms with Gasteiger partial charge in [0.05, 0.1) is 0 Å². The second kappa shape index (κ2) is 7.35. The topological polar surface area (TPSA) is 0 Å². The summed E-state index contributed by atoms with van der Waals surface area (Å²) >= 11 is 0. The van der Waals surface area contributed by atoms with Crippen LogP contribution in [0.5, 0.6) is 0 Å². The van der Waals surface area contributed by atoms with Crippen molar-refractivity contribution in [3.05, 3.63) is 60.8 Å². The van der Waals surface area contributed by atoms with Crippen molar-refractivity contribution >= 4 is 0 Å². The van der Waals surface area contributed by atoms with Gasteiger partial charge in [-0.25, -0.2) is 0 Å². The van der Waals surface area contributed by atoms with Gasteiger partial charge in [-0.1, -0.05) is 54.7 Å². The average molecular weight is 171 g/mol. The van der Waals surface area contributed by atoms with Gasteiger partial charge in [0, 0.05) is 0 Å². The van der Waals surface area contributed by atoms with E-state index >= 15 is 0 Å². The summed E-state index contributed by atoms with van der Waals surface area (Å²) in [5.41, 5.74) is 0. The third-order valence-corrected chi connectivity index (χ3v) is 1.69. The smallest absolute Gasteiger partial charge is 0.00915 e. The average Bonchev–Trinajstić information content (AvgIpc) is 2.18. The van der Waals surface area contributed by atoms with Crippen molar-refractivity contribution in [2.75, 3.05) is 0 Å². The molecule has 13 heavy (non-hydrogen) atoms. The van der Waals surface area contributed by atoms with E-state index in [0.717, 1.165) is 19.3 Å². The van der Waals surface area contributed by atoms with Crippen LogP contribution >= 0.6 is 0 Å². The first-order chi connectivity index (χ1) is 6.50. The Balaban J connectivity index is 2.49. The van der Waals surface area contributed by atoms with Crippen LogP contribution in [0.3, 0.4) is 0 Å². The quantitative estimate of drug-likeness (QED) is 0.520. The molecule has 0 aliphatic heterocycles. The molecule has 0 bridgehead atoms. The minimum Gasteiger partial charge on any atom is -0.0842 e. The molecule has 0 amide bonds. The molecule has 0 heterocycles. The molecule has 0 saturated carbocycles. The van der Waals surface area contributed by atoms with E-state index in [4.69, 9.17) is 0 Å². The Hall–Kier alpha value is -1.30. The highest BCUT2D eigenvalue weighted by Crippen LogP contribution is 1.95. The zero-order valence-electron chi connectivity index (χ0n) is 7.82. The Morgan fingerprint density at radius 3 is 2.23 bits per heavy atom. The molecule has 0 saturated heterocycles. The first kappa shape index (κ1) is 9.79. The Bertz CT molecular complexity index is 249. The van der Waals surface area contributed by atoms with Crippen LogP contribution < -0.4 is 0 Å². The van der Waals surface area contributed by atoms with Gasteiger partial charge >= 0.3 is 0 Å². The number of hydrogen-bond acceptors (Lipinski definition) is 0. The first-order valence-corrected chi connectivity index (χ1v) is 4.70. The van der Waals surface area contributed by atoms with E-state index in [0.29, 0.717) is 0 Å². The second-order valence-electron chi connectivity index (χ2n) is 2.82. The van der Waals surface area contributed by atoms with Crippen LogP contribution in [-0.4, -0.2) is 0 Å². The maximum Gasteiger partial charge on any atom is -0.00915 e. The van der Waals surface area contributed by atoms with Crippen molar-refractivity contribution in [2.24, 2.45) is 0 Å². The molecule has 1 rings (SSSR count). The Morgan fingerprint density at radius 2 is 1.38 bits per heavy atom. The largest absolute Gasteiger partial charge is 0.0842 e. The molecule has 0 N–H and O–H groups in total. The highest BCUT2D eigenvalue weighted by molar-refractivity contribution is 5.12. The predicted molar refractivity (Wildman–Crippen MR) is 58.2 cm³/mol. The van der Waals surface area contributed by atoms with Crippen LogP contribution in [0.25, 0.3) is 0 Å². The minimum atomic E-state index is 0.887. The molecule has 0 aromatic rings. The van der Waals surface area contributed by atoms with Gasteiger partial charge in [0.25, 0.3) is 0 Å². The van der Waals surface area contributed by atoms with Gasteiger partial charge < -0.3 is 0 Å². The fraction of sp³-hybridized carbons (Fsp3) is 0.231. The molecule has 0 nitrogen and oxygen atoms in total. The summed E-state index contributed by atoms with van der Waals surface area (Å²) < 4.78 is 0. The van der Waals surface area contributed by atoms with Gasteiger partial charge in [0.2, 0.25) is 0 Å². The van der Waals surface area contributed by atoms with Crippen molar-refractivity contribution in [3.8, 4) is 0 Å². The maximum absolute atomic E-state index is 3.17. The number of allylic oxidation sites excluding steroid dienone is 10. The van der Waals surface area contributed by atoms with E-state index in [1.54, 1.807) is 0 Å². The lowest BCUT2D eigenvalue weighted by molar-refractivity contribution is 1.05. The SMILES string of the molecule is [C]1=C/C=C\CC\C=C/C=C/C=C/C/1. The van der Waals surface area contributed by atoms with Gasteiger partial charge in [-0.05, 0) is 25.3 Å². The van der Waals surface area contributed by atoms with Crippen LogP contribution in [0, 0.1) is 6.08 Å². The van der Waals surface area contributed by atoms with Crippen molar-refractivity contribution in [1.82, 2.24) is 0 Å². The molecule has 1 radical (unpaired) electrons. The summed E-state index contributed by atoms with van der Waals surface area (Å²) in [5.74, 6) is 0. The molecular formula is C13H15. The third-order valence-electron chi connectivity index (χ3n) is 1.69. The molecule has 0 aromatic carbocycles. The van der Waals surface area contributed by atoms with Gasteiger partial charge in [-0.3, -0.25) is 0 Å². The highest BCUT2D eigenvalue weighted by Gasteiger charge is 1.75. The van der Waals surface area contributed by atoms with Crippen LogP contribution in [0.1, 0.15) is 19.3 Å². The number of hydrogen-bond donors (Lipinski definition) is 0.